The summed E-state index contributed by atoms with van der Waals surface area (Å²) in [7, 11) is 4.73. The van der Waals surface area contributed by atoms with E-state index >= 15 is 0 Å². The number of ether oxygens (including phenoxy) is 3. The summed E-state index contributed by atoms with van der Waals surface area (Å²) in [5.74, 6) is 1.80. The molecule has 0 aliphatic rings. The molecule has 0 heterocycles. The number of hydrogen-bond acceptors (Lipinski definition) is 5. The highest BCUT2D eigenvalue weighted by Crippen LogP contribution is 2.32. The molecular weight excluding hydrogens is 338 g/mol. The highest BCUT2D eigenvalue weighted by atomic mass is 32.1. The van der Waals surface area contributed by atoms with Crippen LogP contribution in [-0.2, 0) is 0 Å². The quantitative estimate of drug-likeness (QED) is 0.469. The van der Waals surface area contributed by atoms with Crippen LogP contribution in [0.4, 0.5) is 5.69 Å². The Balaban J connectivity index is 2.08. The van der Waals surface area contributed by atoms with Gasteiger partial charge in [0.15, 0.2) is 5.11 Å². The maximum absolute atomic E-state index is 5.37. The molecule has 0 aliphatic heterocycles. The molecule has 0 spiro atoms. The van der Waals surface area contributed by atoms with Crippen molar-refractivity contribution in [1.29, 1.82) is 0 Å². The van der Waals surface area contributed by atoms with Crippen LogP contribution in [0, 0.1) is 6.92 Å². The third kappa shape index (κ3) is 5.09. The molecule has 2 aromatic rings. The summed E-state index contributed by atoms with van der Waals surface area (Å²) in [6.45, 7) is 2.03. The van der Waals surface area contributed by atoms with Crippen LogP contribution in [0.1, 0.15) is 11.1 Å². The molecule has 0 fully saturated rings. The van der Waals surface area contributed by atoms with Gasteiger partial charge in [0.05, 0.1) is 33.1 Å². The van der Waals surface area contributed by atoms with Crippen LogP contribution < -0.4 is 25.0 Å². The molecular formula is C18H21N3O3S. The molecule has 0 unspecified atom stereocenters. The molecule has 2 aromatic carbocycles. The monoisotopic (exact) mass is 359 g/mol. The second-order valence-corrected chi connectivity index (χ2v) is 5.54. The molecule has 2 N–H and O–H groups in total. The Morgan fingerprint density at radius 3 is 2.12 bits per heavy atom. The fourth-order valence-electron chi connectivity index (χ4n) is 2.11. The van der Waals surface area contributed by atoms with Crippen molar-refractivity contribution >= 4 is 29.2 Å². The van der Waals surface area contributed by atoms with Crippen LogP contribution in [0.2, 0.25) is 0 Å². The van der Waals surface area contributed by atoms with Gasteiger partial charge in [-0.3, -0.25) is 5.43 Å². The van der Waals surface area contributed by atoms with Crippen molar-refractivity contribution in [1.82, 2.24) is 5.43 Å². The zero-order chi connectivity index (χ0) is 18.2. The van der Waals surface area contributed by atoms with Gasteiger partial charge in [-0.05, 0) is 31.3 Å². The first-order valence-corrected chi connectivity index (χ1v) is 7.95. The number of methoxy groups -OCH3 is 3. The molecule has 132 valence electrons. The SMILES string of the molecule is COc1cc(OC)c(/C=N\NC(=S)Nc2ccc(C)cc2)c(OC)c1. The lowest BCUT2D eigenvalue weighted by Crippen LogP contribution is -2.23. The zero-order valence-electron chi connectivity index (χ0n) is 14.6. The first-order chi connectivity index (χ1) is 12.1. The molecule has 25 heavy (non-hydrogen) atoms. The lowest BCUT2D eigenvalue weighted by Gasteiger charge is -2.12. The zero-order valence-corrected chi connectivity index (χ0v) is 15.4. The van der Waals surface area contributed by atoms with Gasteiger partial charge >= 0.3 is 0 Å². The van der Waals surface area contributed by atoms with Crippen molar-refractivity contribution in [2.45, 2.75) is 6.92 Å². The highest BCUT2D eigenvalue weighted by Gasteiger charge is 2.11. The second-order valence-electron chi connectivity index (χ2n) is 5.14. The minimum absolute atomic E-state index is 0.381. The number of aryl methyl sites for hydroxylation is 1. The summed E-state index contributed by atoms with van der Waals surface area (Å²) in [6, 6.07) is 11.4. The van der Waals surface area contributed by atoms with Crippen molar-refractivity contribution in [3.63, 3.8) is 0 Å². The van der Waals surface area contributed by atoms with Crippen LogP contribution in [0.25, 0.3) is 0 Å². The molecule has 0 radical (unpaired) electrons. The molecule has 0 aromatic heterocycles. The molecule has 0 bridgehead atoms. The van der Waals surface area contributed by atoms with Crippen molar-refractivity contribution in [3.05, 3.63) is 47.5 Å². The maximum atomic E-state index is 5.37. The van der Waals surface area contributed by atoms with Gasteiger partial charge in [0.2, 0.25) is 0 Å². The second kappa shape index (κ2) is 8.89. The van der Waals surface area contributed by atoms with E-state index in [2.05, 4.69) is 15.8 Å². The fraction of sp³-hybridized carbons (Fsp3) is 0.222. The Kier molecular flexibility index (Phi) is 6.59. The van der Waals surface area contributed by atoms with Crippen molar-refractivity contribution in [3.8, 4) is 17.2 Å². The number of hydrogen-bond donors (Lipinski definition) is 2. The third-order valence-corrected chi connectivity index (χ3v) is 3.62. The lowest BCUT2D eigenvalue weighted by atomic mass is 10.2. The van der Waals surface area contributed by atoms with E-state index in [0.29, 0.717) is 27.9 Å². The van der Waals surface area contributed by atoms with E-state index in [1.807, 2.05) is 31.2 Å². The number of benzene rings is 2. The van der Waals surface area contributed by atoms with Crippen molar-refractivity contribution in [2.75, 3.05) is 26.6 Å². The van der Waals surface area contributed by atoms with E-state index in [0.717, 1.165) is 5.69 Å². The molecule has 2 rings (SSSR count). The number of rotatable bonds is 6. The van der Waals surface area contributed by atoms with Gasteiger partial charge in [0, 0.05) is 17.8 Å². The van der Waals surface area contributed by atoms with E-state index in [9.17, 15) is 0 Å². The van der Waals surface area contributed by atoms with Crippen LogP contribution >= 0.6 is 12.2 Å². The predicted octanol–water partition coefficient (Wildman–Crippen LogP) is 3.34. The summed E-state index contributed by atoms with van der Waals surface area (Å²) < 4.78 is 16.0. The minimum Gasteiger partial charge on any atom is -0.496 e. The molecule has 0 saturated heterocycles. The molecule has 0 amide bonds. The normalized spacial score (nSPS) is 10.4. The van der Waals surface area contributed by atoms with E-state index < -0.39 is 0 Å². The summed E-state index contributed by atoms with van der Waals surface area (Å²) in [4.78, 5) is 0. The van der Waals surface area contributed by atoms with E-state index in [4.69, 9.17) is 26.4 Å². The van der Waals surface area contributed by atoms with Crippen LogP contribution in [0.5, 0.6) is 17.2 Å². The summed E-state index contributed by atoms with van der Waals surface area (Å²) in [6.07, 6.45) is 1.58. The topological polar surface area (TPSA) is 64.1 Å². The number of nitrogens with one attached hydrogen (secondary N) is 2. The van der Waals surface area contributed by atoms with E-state index in [-0.39, 0.29) is 0 Å². The molecule has 7 heteroatoms. The van der Waals surface area contributed by atoms with E-state index in [1.54, 1.807) is 39.7 Å². The molecule has 0 aliphatic carbocycles. The van der Waals surface area contributed by atoms with Gasteiger partial charge in [-0.1, -0.05) is 17.7 Å². The van der Waals surface area contributed by atoms with Crippen molar-refractivity contribution < 1.29 is 14.2 Å². The first-order valence-electron chi connectivity index (χ1n) is 7.54. The Morgan fingerprint density at radius 2 is 1.60 bits per heavy atom. The maximum Gasteiger partial charge on any atom is 0.191 e. The lowest BCUT2D eigenvalue weighted by molar-refractivity contribution is 0.374. The largest absolute Gasteiger partial charge is 0.496 e. The highest BCUT2D eigenvalue weighted by molar-refractivity contribution is 7.80. The minimum atomic E-state index is 0.381. The number of nitrogens with zero attached hydrogens (tertiary/aromatic N) is 1. The molecule has 0 saturated carbocycles. The summed E-state index contributed by atoms with van der Waals surface area (Å²) >= 11 is 5.23. The Morgan fingerprint density at radius 1 is 1.00 bits per heavy atom. The number of thiocarbonyl (C=S) groups is 1. The van der Waals surface area contributed by atoms with Crippen LogP contribution in [0.3, 0.4) is 0 Å². The standard InChI is InChI=1S/C18H21N3O3S/c1-12-5-7-13(8-6-12)20-18(25)21-19-11-15-16(23-3)9-14(22-2)10-17(15)24-4/h5-11H,1-4H3,(H2,20,21,25)/b19-11-. The van der Waals surface area contributed by atoms with Crippen LogP contribution in [0.15, 0.2) is 41.5 Å². The predicted molar refractivity (Wildman–Crippen MR) is 104 cm³/mol. The van der Waals surface area contributed by atoms with Gasteiger partial charge in [-0.15, -0.1) is 0 Å². The van der Waals surface area contributed by atoms with E-state index in [1.165, 1.54) is 5.56 Å². The first kappa shape index (κ1) is 18.5. The Labute approximate surface area is 152 Å². The van der Waals surface area contributed by atoms with Gasteiger partial charge in [0.25, 0.3) is 0 Å². The number of hydrazone groups is 1. The average Bonchev–Trinajstić information content (AvgIpc) is 2.63. The van der Waals surface area contributed by atoms with Gasteiger partial charge in [-0.25, -0.2) is 0 Å². The van der Waals surface area contributed by atoms with Crippen molar-refractivity contribution in [2.24, 2.45) is 5.10 Å². The fourth-order valence-corrected chi connectivity index (χ4v) is 2.28. The Bertz CT molecular complexity index is 736. The van der Waals surface area contributed by atoms with Gasteiger partial charge in [-0.2, -0.15) is 5.10 Å². The smallest absolute Gasteiger partial charge is 0.191 e. The number of anilines is 1. The average molecular weight is 359 g/mol. The molecule has 6 nitrogen and oxygen atoms in total. The molecule has 0 atom stereocenters. The summed E-state index contributed by atoms with van der Waals surface area (Å²) in [5, 5.41) is 7.58. The third-order valence-electron chi connectivity index (χ3n) is 3.42. The Hall–Kier alpha value is -2.80. The van der Waals surface area contributed by atoms with Crippen LogP contribution in [-0.4, -0.2) is 32.7 Å². The summed E-state index contributed by atoms with van der Waals surface area (Å²) in [5.41, 5.74) is 5.52. The van der Waals surface area contributed by atoms with Gasteiger partial charge in [0.1, 0.15) is 17.2 Å². The van der Waals surface area contributed by atoms with Gasteiger partial charge < -0.3 is 19.5 Å².